The molecule has 22 heavy (non-hydrogen) atoms. The first-order valence-electron chi connectivity index (χ1n) is 7.88. The quantitative estimate of drug-likeness (QED) is 0.911. The maximum atomic E-state index is 12.0. The van der Waals surface area contributed by atoms with E-state index in [-0.39, 0.29) is 12.1 Å². The fourth-order valence-corrected chi connectivity index (χ4v) is 2.92. The van der Waals surface area contributed by atoms with Gasteiger partial charge in [0.15, 0.2) is 0 Å². The fourth-order valence-electron chi connectivity index (χ4n) is 2.92. The van der Waals surface area contributed by atoms with Crippen molar-refractivity contribution in [1.82, 2.24) is 20.2 Å². The molecule has 0 bridgehead atoms. The average molecular weight is 298 g/mol. The molecule has 0 spiro atoms. The number of benzene rings is 1. The molecule has 3 rings (SSSR count). The van der Waals surface area contributed by atoms with Crippen LogP contribution in [-0.4, -0.2) is 21.6 Å². The highest BCUT2D eigenvalue weighted by Crippen LogP contribution is 2.18. The monoisotopic (exact) mass is 298 g/mol. The normalized spacial score (nSPS) is 16.4. The molecule has 1 aliphatic rings. The number of carbonyl (C=O) groups excluding carboxylic acids is 1. The van der Waals surface area contributed by atoms with E-state index in [4.69, 9.17) is 0 Å². The number of nitrogens with one attached hydrogen (secondary N) is 2. The van der Waals surface area contributed by atoms with Gasteiger partial charge in [0.05, 0.1) is 12.4 Å². The smallest absolute Gasteiger partial charge is 0.315 e. The van der Waals surface area contributed by atoms with Gasteiger partial charge < -0.3 is 15.2 Å². The number of urea groups is 1. The summed E-state index contributed by atoms with van der Waals surface area (Å²) in [5.41, 5.74) is 2.15. The van der Waals surface area contributed by atoms with Crippen molar-refractivity contribution < 1.29 is 4.79 Å². The Labute approximate surface area is 130 Å². The molecule has 1 atom stereocenters. The van der Waals surface area contributed by atoms with Crippen molar-refractivity contribution in [3.8, 4) is 5.69 Å². The Hall–Kier alpha value is -2.30. The zero-order valence-electron chi connectivity index (χ0n) is 12.8. The number of carbonyl (C=O) groups is 1. The molecule has 5 nitrogen and oxygen atoms in total. The number of hydrogen-bond donors (Lipinski definition) is 2. The Kier molecular flexibility index (Phi) is 4.42. The van der Waals surface area contributed by atoms with Crippen LogP contribution < -0.4 is 10.6 Å². The molecule has 2 amide bonds. The van der Waals surface area contributed by atoms with Crippen LogP contribution in [-0.2, 0) is 0 Å². The number of amides is 2. The Morgan fingerprint density at radius 3 is 2.64 bits per heavy atom. The summed E-state index contributed by atoms with van der Waals surface area (Å²) in [4.78, 5) is 16.0. The second-order valence-electron chi connectivity index (χ2n) is 5.88. The lowest BCUT2D eigenvalue weighted by Crippen LogP contribution is -2.41. The van der Waals surface area contributed by atoms with Gasteiger partial charge in [-0.05, 0) is 37.5 Å². The topological polar surface area (TPSA) is 59.0 Å². The maximum Gasteiger partial charge on any atom is 0.315 e. The Morgan fingerprint density at radius 2 is 2.00 bits per heavy atom. The van der Waals surface area contributed by atoms with E-state index in [0.717, 1.165) is 24.1 Å². The van der Waals surface area contributed by atoms with E-state index in [2.05, 4.69) is 15.6 Å². The van der Waals surface area contributed by atoms with E-state index in [1.165, 1.54) is 12.8 Å². The number of rotatable bonds is 4. The van der Waals surface area contributed by atoms with Crippen molar-refractivity contribution in [2.75, 3.05) is 0 Å². The Morgan fingerprint density at radius 1 is 1.27 bits per heavy atom. The van der Waals surface area contributed by atoms with Crippen molar-refractivity contribution in [2.45, 2.75) is 44.7 Å². The van der Waals surface area contributed by atoms with Crippen LogP contribution in [0.25, 0.3) is 5.69 Å². The molecule has 1 fully saturated rings. The molecule has 1 aliphatic carbocycles. The second-order valence-corrected chi connectivity index (χ2v) is 5.88. The van der Waals surface area contributed by atoms with Crippen LogP contribution in [0.5, 0.6) is 0 Å². The zero-order chi connectivity index (χ0) is 15.4. The molecular formula is C17H22N4O. The van der Waals surface area contributed by atoms with E-state index in [9.17, 15) is 4.79 Å². The second kappa shape index (κ2) is 6.64. The highest BCUT2D eigenvalue weighted by molar-refractivity contribution is 5.74. The largest absolute Gasteiger partial charge is 0.335 e. The third kappa shape index (κ3) is 3.47. The summed E-state index contributed by atoms with van der Waals surface area (Å²) >= 11 is 0. The summed E-state index contributed by atoms with van der Waals surface area (Å²) in [7, 11) is 0. The molecule has 2 aromatic rings. The molecule has 0 radical (unpaired) electrons. The summed E-state index contributed by atoms with van der Waals surface area (Å²) in [5, 5.41) is 6.06. The van der Waals surface area contributed by atoms with Crippen LogP contribution >= 0.6 is 0 Å². The van der Waals surface area contributed by atoms with Gasteiger partial charge in [0.1, 0.15) is 0 Å². The van der Waals surface area contributed by atoms with Crippen molar-refractivity contribution in [3.05, 3.63) is 48.5 Å². The van der Waals surface area contributed by atoms with Crippen LogP contribution in [0.3, 0.4) is 0 Å². The molecule has 1 aromatic heterocycles. The van der Waals surface area contributed by atoms with Crippen molar-refractivity contribution in [1.29, 1.82) is 0 Å². The van der Waals surface area contributed by atoms with Gasteiger partial charge in [-0.25, -0.2) is 9.78 Å². The van der Waals surface area contributed by atoms with Crippen molar-refractivity contribution >= 4 is 6.03 Å². The van der Waals surface area contributed by atoms with Gasteiger partial charge in [0.25, 0.3) is 0 Å². The molecule has 0 unspecified atom stereocenters. The standard InChI is InChI=1S/C17H22N4O/c1-13(19-17(22)20-15-4-2-3-5-15)14-6-8-16(9-7-14)21-11-10-18-12-21/h6-13,15H,2-5H2,1H3,(H2,19,20,22)/t13-/m1/s1. The van der Waals surface area contributed by atoms with Crippen molar-refractivity contribution in [3.63, 3.8) is 0 Å². The predicted octanol–water partition coefficient (Wildman–Crippen LogP) is 3.18. The van der Waals surface area contributed by atoms with Crippen LogP contribution in [0.1, 0.15) is 44.2 Å². The summed E-state index contributed by atoms with van der Waals surface area (Å²) in [6.45, 7) is 2.00. The summed E-state index contributed by atoms with van der Waals surface area (Å²) in [6, 6.07) is 8.40. The van der Waals surface area contributed by atoms with E-state index in [0.29, 0.717) is 6.04 Å². The highest BCUT2D eigenvalue weighted by atomic mass is 16.2. The molecule has 0 saturated heterocycles. The third-order valence-electron chi connectivity index (χ3n) is 4.23. The van der Waals surface area contributed by atoms with Crippen LogP contribution in [0.15, 0.2) is 43.0 Å². The first-order valence-corrected chi connectivity index (χ1v) is 7.88. The number of imidazole rings is 1. The number of nitrogens with zero attached hydrogens (tertiary/aromatic N) is 2. The Bertz CT molecular complexity index is 600. The van der Waals surface area contributed by atoms with Gasteiger partial charge in [-0.3, -0.25) is 0 Å². The average Bonchev–Trinajstić information content (AvgIpc) is 3.20. The van der Waals surface area contributed by atoms with E-state index < -0.39 is 0 Å². The predicted molar refractivity (Wildman–Crippen MR) is 85.9 cm³/mol. The Balaban J connectivity index is 1.57. The first-order chi connectivity index (χ1) is 10.7. The molecule has 1 saturated carbocycles. The molecule has 0 aliphatic heterocycles. The summed E-state index contributed by atoms with van der Waals surface area (Å²) in [5.74, 6) is 0. The van der Waals surface area contributed by atoms with E-state index in [1.54, 1.807) is 12.5 Å². The lowest BCUT2D eigenvalue weighted by Gasteiger charge is -2.18. The minimum atomic E-state index is -0.0712. The highest BCUT2D eigenvalue weighted by Gasteiger charge is 2.18. The lowest BCUT2D eigenvalue weighted by molar-refractivity contribution is 0.234. The van der Waals surface area contributed by atoms with E-state index >= 15 is 0 Å². The molecule has 2 N–H and O–H groups in total. The minimum absolute atomic E-state index is 0.0155. The van der Waals surface area contributed by atoms with Crippen LogP contribution in [0.2, 0.25) is 0 Å². The molecule has 1 heterocycles. The lowest BCUT2D eigenvalue weighted by atomic mass is 10.1. The van der Waals surface area contributed by atoms with Gasteiger partial charge in [-0.2, -0.15) is 0 Å². The molecule has 1 aromatic carbocycles. The number of aromatic nitrogens is 2. The van der Waals surface area contributed by atoms with Gasteiger partial charge >= 0.3 is 6.03 Å². The van der Waals surface area contributed by atoms with Crippen LogP contribution in [0.4, 0.5) is 4.79 Å². The van der Waals surface area contributed by atoms with Gasteiger partial charge in [0, 0.05) is 24.1 Å². The summed E-state index contributed by atoms with van der Waals surface area (Å²) in [6.07, 6.45) is 10.1. The van der Waals surface area contributed by atoms with Gasteiger partial charge in [-0.15, -0.1) is 0 Å². The van der Waals surface area contributed by atoms with Gasteiger partial charge in [0.2, 0.25) is 0 Å². The molecule has 5 heteroatoms. The summed E-state index contributed by atoms with van der Waals surface area (Å²) < 4.78 is 1.95. The van der Waals surface area contributed by atoms with Crippen molar-refractivity contribution in [2.24, 2.45) is 0 Å². The fraction of sp³-hybridized carbons (Fsp3) is 0.412. The van der Waals surface area contributed by atoms with Gasteiger partial charge in [-0.1, -0.05) is 25.0 Å². The molecular weight excluding hydrogens is 276 g/mol. The third-order valence-corrected chi connectivity index (χ3v) is 4.23. The zero-order valence-corrected chi connectivity index (χ0v) is 12.8. The first kappa shape index (κ1) is 14.6. The maximum absolute atomic E-state index is 12.0. The van der Waals surface area contributed by atoms with Crippen LogP contribution in [0, 0.1) is 0 Å². The number of hydrogen-bond acceptors (Lipinski definition) is 2. The van der Waals surface area contributed by atoms with E-state index in [1.807, 2.05) is 42.0 Å². The minimum Gasteiger partial charge on any atom is -0.335 e. The SMILES string of the molecule is C[C@@H](NC(=O)NC1CCCC1)c1ccc(-n2ccnc2)cc1. The molecule has 116 valence electrons.